The second-order valence-corrected chi connectivity index (χ2v) is 7.05. The van der Waals surface area contributed by atoms with Crippen LogP contribution in [0.15, 0.2) is 0 Å². The summed E-state index contributed by atoms with van der Waals surface area (Å²) in [5, 5.41) is 0. The SMILES string of the molecule is CCCCCCCCCCCCCCCCCCNOCCC. The Bertz CT molecular complexity index is 176. The molecule has 0 saturated heterocycles. The molecule has 0 atom stereocenters. The highest BCUT2D eigenvalue weighted by Crippen LogP contribution is 2.13. The third-order valence-corrected chi connectivity index (χ3v) is 4.54. The maximum atomic E-state index is 5.26. The molecular weight excluding hydrogens is 282 g/mol. The van der Waals surface area contributed by atoms with E-state index in [1.807, 2.05) is 0 Å². The molecule has 0 aliphatic carbocycles. The summed E-state index contributed by atoms with van der Waals surface area (Å²) in [4.78, 5) is 5.26. The van der Waals surface area contributed by atoms with E-state index in [9.17, 15) is 0 Å². The lowest BCUT2D eigenvalue weighted by Gasteiger charge is -2.05. The number of hydroxylamine groups is 1. The smallest absolute Gasteiger partial charge is 0.0679 e. The van der Waals surface area contributed by atoms with Crippen molar-refractivity contribution in [3.63, 3.8) is 0 Å². The van der Waals surface area contributed by atoms with Crippen LogP contribution in [0.4, 0.5) is 0 Å². The van der Waals surface area contributed by atoms with Crippen molar-refractivity contribution in [1.82, 2.24) is 5.48 Å². The Hall–Kier alpha value is -0.0800. The van der Waals surface area contributed by atoms with E-state index >= 15 is 0 Å². The largest absolute Gasteiger partial charge is 0.302 e. The summed E-state index contributed by atoms with van der Waals surface area (Å²) in [5.41, 5.74) is 3.04. The topological polar surface area (TPSA) is 21.3 Å². The van der Waals surface area contributed by atoms with Gasteiger partial charge in [-0.2, -0.15) is 0 Å². The quantitative estimate of drug-likeness (QED) is 0.189. The molecule has 0 heterocycles. The number of unbranched alkanes of at least 4 members (excludes halogenated alkanes) is 15. The first-order valence-electron chi connectivity index (χ1n) is 10.8. The fraction of sp³-hybridized carbons (Fsp3) is 1.00. The summed E-state index contributed by atoms with van der Waals surface area (Å²) in [5.74, 6) is 0. The number of hydrogen-bond donors (Lipinski definition) is 1. The summed E-state index contributed by atoms with van der Waals surface area (Å²) in [6.45, 7) is 6.27. The summed E-state index contributed by atoms with van der Waals surface area (Å²) in [6.07, 6.45) is 23.9. The first-order chi connectivity index (χ1) is 11.4. The predicted octanol–water partition coefficient (Wildman–Crippen LogP) is 7.18. The van der Waals surface area contributed by atoms with Crippen LogP contribution in [0.3, 0.4) is 0 Å². The molecule has 0 spiro atoms. The van der Waals surface area contributed by atoms with Gasteiger partial charge in [0.2, 0.25) is 0 Å². The number of hydrogen-bond acceptors (Lipinski definition) is 2. The summed E-state index contributed by atoms with van der Waals surface area (Å²) < 4.78 is 0. The van der Waals surface area contributed by atoms with E-state index in [0.29, 0.717) is 0 Å². The van der Waals surface area contributed by atoms with E-state index in [1.165, 1.54) is 103 Å². The lowest BCUT2D eigenvalue weighted by Crippen LogP contribution is -2.16. The van der Waals surface area contributed by atoms with Gasteiger partial charge in [0, 0.05) is 6.54 Å². The van der Waals surface area contributed by atoms with Gasteiger partial charge in [0.25, 0.3) is 0 Å². The Balaban J connectivity index is 2.92. The predicted molar refractivity (Wildman–Crippen MR) is 104 cm³/mol. The molecule has 140 valence electrons. The molecule has 23 heavy (non-hydrogen) atoms. The highest BCUT2D eigenvalue weighted by atomic mass is 16.6. The highest BCUT2D eigenvalue weighted by Gasteiger charge is 1.94. The molecule has 0 fully saturated rings. The fourth-order valence-electron chi connectivity index (χ4n) is 2.99. The van der Waals surface area contributed by atoms with Gasteiger partial charge in [0.15, 0.2) is 0 Å². The molecule has 0 radical (unpaired) electrons. The molecule has 0 aromatic carbocycles. The normalized spacial score (nSPS) is 11.2. The van der Waals surface area contributed by atoms with Crippen molar-refractivity contribution in [3.05, 3.63) is 0 Å². The Kier molecular flexibility index (Phi) is 21.8. The molecule has 0 aliphatic rings. The molecule has 2 nitrogen and oxygen atoms in total. The first-order valence-corrected chi connectivity index (χ1v) is 10.8. The molecule has 0 aliphatic heterocycles. The summed E-state index contributed by atoms with van der Waals surface area (Å²) in [6, 6.07) is 0. The van der Waals surface area contributed by atoms with Crippen LogP contribution >= 0.6 is 0 Å². The van der Waals surface area contributed by atoms with Gasteiger partial charge in [-0.05, 0) is 12.8 Å². The van der Waals surface area contributed by atoms with Gasteiger partial charge < -0.3 is 4.84 Å². The Morgan fingerprint density at radius 3 is 1.26 bits per heavy atom. The molecule has 2 heteroatoms. The van der Waals surface area contributed by atoms with Gasteiger partial charge in [-0.15, -0.1) is 0 Å². The van der Waals surface area contributed by atoms with E-state index in [1.54, 1.807) is 0 Å². The molecular formula is C21H45NO. The Morgan fingerprint density at radius 1 is 0.478 bits per heavy atom. The fourth-order valence-corrected chi connectivity index (χ4v) is 2.99. The average Bonchev–Trinajstić information content (AvgIpc) is 2.57. The van der Waals surface area contributed by atoms with Crippen molar-refractivity contribution < 1.29 is 4.84 Å². The van der Waals surface area contributed by atoms with Crippen molar-refractivity contribution in [3.8, 4) is 0 Å². The van der Waals surface area contributed by atoms with Crippen LogP contribution in [0.5, 0.6) is 0 Å². The van der Waals surface area contributed by atoms with Crippen molar-refractivity contribution >= 4 is 0 Å². The standard InChI is InChI=1S/C21H45NO/c1-3-5-6-7-8-9-10-11-12-13-14-15-16-17-18-19-20-22-23-21-4-2/h22H,3-21H2,1-2H3. The van der Waals surface area contributed by atoms with Crippen LogP contribution in [0, 0.1) is 0 Å². The van der Waals surface area contributed by atoms with E-state index in [-0.39, 0.29) is 0 Å². The van der Waals surface area contributed by atoms with Gasteiger partial charge in [-0.3, -0.25) is 0 Å². The zero-order valence-electron chi connectivity index (χ0n) is 16.3. The van der Waals surface area contributed by atoms with Gasteiger partial charge in [-0.25, -0.2) is 5.48 Å². The first kappa shape index (κ1) is 22.9. The Labute approximate surface area is 147 Å². The van der Waals surface area contributed by atoms with Crippen LogP contribution in [-0.4, -0.2) is 13.2 Å². The highest BCUT2D eigenvalue weighted by molar-refractivity contribution is 4.50. The molecule has 0 unspecified atom stereocenters. The van der Waals surface area contributed by atoms with Crippen LogP contribution in [0.2, 0.25) is 0 Å². The van der Waals surface area contributed by atoms with Crippen LogP contribution in [0.1, 0.15) is 123 Å². The monoisotopic (exact) mass is 327 g/mol. The number of rotatable bonds is 20. The molecule has 0 amide bonds. The van der Waals surface area contributed by atoms with Crippen molar-refractivity contribution in [2.24, 2.45) is 0 Å². The van der Waals surface area contributed by atoms with Crippen molar-refractivity contribution in [2.75, 3.05) is 13.2 Å². The minimum absolute atomic E-state index is 0.832. The van der Waals surface area contributed by atoms with Gasteiger partial charge in [0.1, 0.15) is 0 Å². The Morgan fingerprint density at radius 2 is 0.870 bits per heavy atom. The van der Waals surface area contributed by atoms with Crippen molar-refractivity contribution in [2.45, 2.75) is 123 Å². The molecule has 0 aromatic rings. The lowest BCUT2D eigenvalue weighted by molar-refractivity contribution is 0.0407. The molecule has 0 saturated carbocycles. The van der Waals surface area contributed by atoms with Crippen molar-refractivity contribution in [1.29, 1.82) is 0 Å². The van der Waals surface area contributed by atoms with Crippen LogP contribution in [-0.2, 0) is 4.84 Å². The average molecular weight is 328 g/mol. The summed E-state index contributed by atoms with van der Waals surface area (Å²) in [7, 11) is 0. The van der Waals surface area contributed by atoms with E-state index in [2.05, 4.69) is 19.3 Å². The third kappa shape index (κ3) is 21.9. The minimum atomic E-state index is 0.832. The third-order valence-electron chi connectivity index (χ3n) is 4.54. The maximum Gasteiger partial charge on any atom is 0.0679 e. The maximum absolute atomic E-state index is 5.26. The zero-order chi connectivity index (χ0) is 16.8. The van der Waals surface area contributed by atoms with Crippen LogP contribution < -0.4 is 5.48 Å². The molecule has 0 bridgehead atoms. The van der Waals surface area contributed by atoms with E-state index in [0.717, 1.165) is 19.6 Å². The second-order valence-electron chi connectivity index (χ2n) is 7.05. The van der Waals surface area contributed by atoms with Gasteiger partial charge in [-0.1, -0.05) is 110 Å². The van der Waals surface area contributed by atoms with Gasteiger partial charge in [0.05, 0.1) is 6.61 Å². The van der Waals surface area contributed by atoms with Crippen LogP contribution in [0.25, 0.3) is 0 Å². The molecule has 0 aromatic heterocycles. The number of nitrogens with one attached hydrogen (secondary N) is 1. The second kappa shape index (κ2) is 21.9. The van der Waals surface area contributed by atoms with E-state index < -0.39 is 0 Å². The summed E-state index contributed by atoms with van der Waals surface area (Å²) >= 11 is 0. The molecule has 1 N–H and O–H groups in total. The van der Waals surface area contributed by atoms with Gasteiger partial charge >= 0.3 is 0 Å². The lowest BCUT2D eigenvalue weighted by atomic mass is 10.0. The minimum Gasteiger partial charge on any atom is -0.302 e. The zero-order valence-corrected chi connectivity index (χ0v) is 16.3. The van der Waals surface area contributed by atoms with E-state index in [4.69, 9.17) is 4.84 Å². The molecule has 0 rings (SSSR count).